The molecule has 2 fully saturated rings. The summed E-state index contributed by atoms with van der Waals surface area (Å²) in [5.74, 6) is -0.460. The van der Waals surface area contributed by atoms with Crippen LogP contribution in [0.4, 0.5) is 10.1 Å². The zero-order chi connectivity index (χ0) is 23.6. The first-order valence-corrected chi connectivity index (χ1v) is 12.5. The molecule has 1 heterocycles. The molecule has 176 valence electrons. The molecule has 1 amide bonds. The van der Waals surface area contributed by atoms with Crippen LogP contribution in [0.1, 0.15) is 37.7 Å². The number of nitrogens with zero attached hydrogens (tertiary/aromatic N) is 3. The SMILES string of the molecule is O=C(N1CCN(S(=O)(=O)c2cccc([N+](=O)[O-])c2)CC1)C1(c2cccc(F)c2)CCCCC1. The van der Waals surface area contributed by atoms with Crippen LogP contribution < -0.4 is 0 Å². The number of benzene rings is 2. The van der Waals surface area contributed by atoms with Crippen molar-refractivity contribution in [2.75, 3.05) is 26.2 Å². The molecular formula is C23H26FN3O5S. The Hall–Kier alpha value is -2.85. The Morgan fingerprint density at radius 1 is 0.970 bits per heavy atom. The van der Waals surface area contributed by atoms with Crippen LogP contribution >= 0.6 is 0 Å². The van der Waals surface area contributed by atoms with Gasteiger partial charge in [-0.2, -0.15) is 4.31 Å². The fraction of sp³-hybridized carbons (Fsp3) is 0.435. The highest BCUT2D eigenvalue weighted by Gasteiger charge is 2.44. The molecule has 33 heavy (non-hydrogen) atoms. The molecule has 1 aliphatic carbocycles. The number of hydrogen-bond acceptors (Lipinski definition) is 5. The number of nitro groups is 1. The highest BCUT2D eigenvalue weighted by atomic mass is 32.2. The van der Waals surface area contributed by atoms with Crippen LogP contribution in [-0.2, 0) is 20.2 Å². The number of amides is 1. The minimum absolute atomic E-state index is 0.0832. The van der Waals surface area contributed by atoms with Crippen molar-refractivity contribution in [2.24, 2.45) is 0 Å². The van der Waals surface area contributed by atoms with E-state index in [9.17, 15) is 27.7 Å². The summed E-state index contributed by atoms with van der Waals surface area (Å²) < 4.78 is 41.3. The number of hydrogen-bond donors (Lipinski definition) is 0. The van der Waals surface area contributed by atoms with E-state index < -0.39 is 20.4 Å². The van der Waals surface area contributed by atoms with Crippen LogP contribution in [0.25, 0.3) is 0 Å². The fourth-order valence-electron chi connectivity index (χ4n) is 4.91. The molecule has 2 aromatic rings. The lowest BCUT2D eigenvalue weighted by Gasteiger charge is -2.43. The highest BCUT2D eigenvalue weighted by Crippen LogP contribution is 2.41. The summed E-state index contributed by atoms with van der Waals surface area (Å²) in [7, 11) is -3.92. The van der Waals surface area contributed by atoms with Gasteiger partial charge in [0, 0.05) is 38.3 Å². The van der Waals surface area contributed by atoms with Gasteiger partial charge >= 0.3 is 0 Å². The molecular weight excluding hydrogens is 449 g/mol. The van der Waals surface area contributed by atoms with Gasteiger partial charge < -0.3 is 4.90 Å². The van der Waals surface area contributed by atoms with E-state index in [0.717, 1.165) is 25.3 Å². The number of piperazine rings is 1. The van der Waals surface area contributed by atoms with Gasteiger partial charge in [-0.15, -0.1) is 0 Å². The minimum Gasteiger partial charge on any atom is -0.339 e. The van der Waals surface area contributed by atoms with Gasteiger partial charge in [0.05, 0.1) is 15.2 Å². The molecule has 1 saturated carbocycles. The topological polar surface area (TPSA) is 101 Å². The molecule has 1 saturated heterocycles. The fourth-order valence-corrected chi connectivity index (χ4v) is 6.37. The van der Waals surface area contributed by atoms with Crippen LogP contribution in [0.3, 0.4) is 0 Å². The third-order valence-corrected chi connectivity index (χ3v) is 8.58. The van der Waals surface area contributed by atoms with Crippen molar-refractivity contribution in [1.82, 2.24) is 9.21 Å². The van der Waals surface area contributed by atoms with Gasteiger partial charge in [0.2, 0.25) is 15.9 Å². The standard InChI is InChI=1S/C23H26FN3O5S/c24-19-7-4-6-18(16-19)23(10-2-1-3-11-23)22(28)25-12-14-26(15-13-25)33(31,32)21-9-5-8-20(17-21)27(29)30/h4-9,16-17H,1-3,10-15H2. The van der Waals surface area contributed by atoms with E-state index in [-0.39, 0.29) is 48.5 Å². The summed E-state index contributed by atoms with van der Waals surface area (Å²) >= 11 is 0. The molecule has 2 aromatic carbocycles. The molecule has 2 aliphatic rings. The van der Waals surface area contributed by atoms with Crippen LogP contribution in [0.5, 0.6) is 0 Å². The van der Waals surface area contributed by atoms with Crippen LogP contribution in [0.15, 0.2) is 53.4 Å². The third kappa shape index (κ3) is 4.49. The number of nitro benzene ring substituents is 1. The van der Waals surface area contributed by atoms with Gasteiger partial charge in [0.15, 0.2) is 0 Å². The molecule has 0 bridgehead atoms. The van der Waals surface area contributed by atoms with E-state index in [1.807, 2.05) is 0 Å². The van der Waals surface area contributed by atoms with Crippen molar-refractivity contribution in [3.8, 4) is 0 Å². The number of halogens is 1. The van der Waals surface area contributed by atoms with Crippen LogP contribution in [0, 0.1) is 15.9 Å². The van der Waals surface area contributed by atoms with Crippen molar-refractivity contribution < 1.29 is 22.5 Å². The normalized spacial score (nSPS) is 19.2. The maximum Gasteiger partial charge on any atom is 0.270 e. The molecule has 0 spiro atoms. The smallest absolute Gasteiger partial charge is 0.270 e. The summed E-state index contributed by atoms with van der Waals surface area (Å²) in [6.07, 6.45) is 4.06. The first kappa shape index (κ1) is 23.3. The lowest BCUT2D eigenvalue weighted by atomic mass is 9.68. The molecule has 8 nitrogen and oxygen atoms in total. The van der Waals surface area contributed by atoms with Crippen molar-refractivity contribution in [3.63, 3.8) is 0 Å². The summed E-state index contributed by atoms with van der Waals surface area (Å²) in [6, 6.07) is 11.2. The molecule has 4 rings (SSSR count). The van der Waals surface area contributed by atoms with Gasteiger partial charge in [-0.25, -0.2) is 12.8 Å². The number of carbonyl (C=O) groups is 1. The average Bonchev–Trinajstić information content (AvgIpc) is 2.84. The summed E-state index contributed by atoms with van der Waals surface area (Å²) in [4.78, 5) is 25.6. The Morgan fingerprint density at radius 2 is 1.64 bits per heavy atom. The Bertz CT molecular complexity index is 1160. The molecule has 0 radical (unpaired) electrons. The van der Waals surface area contributed by atoms with Gasteiger partial charge in [-0.1, -0.05) is 37.5 Å². The minimum atomic E-state index is -3.92. The molecule has 0 aromatic heterocycles. The zero-order valence-corrected chi connectivity index (χ0v) is 19.0. The van der Waals surface area contributed by atoms with Crippen LogP contribution in [0.2, 0.25) is 0 Å². The second-order valence-corrected chi connectivity index (χ2v) is 10.5. The summed E-state index contributed by atoms with van der Waals surface area (Å²) in [6.45, 7) is 0.611. The number of sulfonamides is 1. The Labute approximate surface area is 192 Å². The van der Waals surface area contributed by atoms with Gasteiger partial charge in [0.25, 0.3) is 5.69 Å². The quantitative estimate of drug-likeness (QED) is 0.487. The van der Waals surface area contributed by atoms with E-state index in [2.05, 4.69) is 0 Å². The van der Waals surface area contributed by atoms with Gasteiger partial charge in [-0.05, 0) is 36.6 Å². The second kappa shape index (κ2) is 9.18. The van der Waals surface area contributed by atoms with E-state index in [4.69, 9.17) is 0 Å². The molecule has 0 atom stereocenters. The first-order valence-electron chi connectivity index (χ1n) is 11.0. The average molecular weight is 476 g/mol. The number of carbonyl (C=O) groups excluding carboxylic acids is 1. The van der Waals surface area contributed by atoms with Crippen molar-refractivity contribution in [3.05, 3.63) is 70.0 Å². The second-order valence-electron chi connectivity index (χ2n) is 8.60. The molecule has 0 N–H and O–H groups in total. The van der Waals surface area contributed by atoms with E-state index >= 15 is 0 Å². The van der Waals surface area contributed by atoms with Crippen molar-refractivity contribution in [2.45, 2.75) is 42.4 Å². The molecule has 0 unspecified atom stereocenters. The Morgan fingerprint density at radius 3 is 2.27 bits per heavy atom. The predicted molar refractivity (Wildman–Crippen MR) is 120 cm³/mol. The van der Waals surface area contributed by atoms with Crippen molar-refractivity contribution in [1.29, 1.82) is 0 Å². The lowest BCUT2D eigenvalue weighted by Crippen LogP contribution is -2.56. The highest BCUT2D eigenvalue weighted by molar-refractivity contribution is 7.89. The van der Waals surface area contributed by atoms with E-state index in [1.54, 1.807) is 17.0 Å². The van der Waals surface area contributed by atoms with E-state index in [0.29, 0.717) is 18.4 Å². The maximum absolute atomic E-state index is 14.0. The monoisotopic (exact) mass is 475 g/mol. The third-order valence-electron chi connectivity index (χ3n) is 6.69. The first-order chi connectivity index (χ1) is 15.7. The lowest BCUT2D eigenvalue weighted by molar-refractivity contribution is -0.385. The maximum atomic E-state index is 14.0. The van der Waals surface area contributed by atoms with Gasteiger partial charge in [0.1, 0.15) is 5.82 Å². The van der Waals surface area contributed by atoms with Crippen LogP contribution in [-0.4, -0.2) is 54.6 Å². The van der Waals surface area contributed by atoms with Gasteiger partial charge in [-0.3, -0.25) is 14.9 Å². The summed E-state index contributed by atoms with van der Waals surface area (Å²) in [5, 5.41) is 11.0. The number of non-ortho nitro benzene ring substituents is 1. The Balaban J connectivity index is 1.52. The zero-order valence-electron chi connectivity index (χ0n) is 18.2. The molecule has 1 aliphatic heterocycles. The summed E-state index contributed by atoms with van der Waals surface area (Å²) in [5.41, 5.74) is -0.403. The van der Waals surface area contributed by atoms with Crippen molar-refractivity contribution >= 4 is 21.6 Å². The Kier molecular flexibility index (Phi) is 6.49. The molecule has 10 heteroatoms. The predicted octanol–water partition coefficient (Wildman–Crippen LogP) is 3.47. The largest absolute Gasteiger partial charge is 0.339 e. The van der Waals surface area contributed by atoms with E-state index in [1.165, 1.54) is 34.6 Å². The number of rotatable bonds is 5.